The van der Waals surface area contributed by atoms with Gasteiger partial charge in [-0.05, 0) is 6.92 Å². The van der Waals surface area contributed by atoms with Crippen LogP contribution in [-0.4, -0.2) is 74.4 Å². The predicted molar refractivity (Wildman–Crippen MR) is 78.5 cm³/mol. The molecule has 0 atom stereocenters. The monoisotopic (exact) mass is 328 g/mol. The minimum absolute atomic E-state index is 0.0459. The van der Waals surface area contributed by atoms with Gasteiger partial charge in [-0.1, -0.05) is 6.58 Å². The number of rotatable bonds is 9. The van der Waals surface area contributed by atoms with Crippen molar-refractivity contribution in [2.45, 2.75) is 6.92 Å². The highest BCUT2D eigenvalue weighted by atomic mass is 31.2. The standard InChI is InChI=1S/C10H20NO3.C2H7O4P/c1-5-10(12)14-9-8-13-7-6-11(2,3)4;1-2-6-7(3,4)5/h5H,1,6-9H2,2-4H3;2H2,1H3,(H2,3,4,5)/q+1;. The molecule has 0 unspecified atom stereocenters. The number of hydrogen-bond acceptors (Lipinski definition) is 5. The fourth-order valence-electron chi connectivity index (χ4n) is 0.869. The van der Waals surface area contributed by atoms with Gasteiger partial charge < -0.3 is 23.7 Å². The van der Waals surface area contributed by atoms with Crippen molar-refractivity contribution in [1.82, 2.24) is 0 Å². The average molecular weight is 328 g/mol. The number of likely N-dealkylation sites (N-methyl/N-ethyl adjacent to an activating group) is 1. The van der Waals surface area contributed by atoms with Gasteiger partial charge in [-0.15, -0.1) is 0 Å². The number of phosphoric acid groups is 1. The third-order valence-electron chi connectivity index (χ3n) is 1.84. The zero-order chi connectivity index (χ0) is 16.9. The number of phosphoric ester groups is 1. The lowest BCUT2D eigenvalue weighted by atomic mass is 10.5. The first-order valence-electron chi connectivity index (χ1n) is 6.39. The number of ether oxygens (including phenoxy) is 2. The van der Waals surface area contributed by atoms with Gasteiger partial charge in [0.15, 0.2) is 0 Å². The Morgan fingerprint density at radius 2 is 1.81 bits per heavy atom. The smallest absolute Gasteiger partial charge is 0.460 e. The molecular weight excluding hydrogens is 301 g/mol. The van der Waals surface area contributed by atoms with Gasteiger partial charge in [0, 0.05) is 6.08 Å². The topological polar surface area (TPSA) is 102 Å². The summed E-state index contributed by atoms with van der Waals surface area (Å²) in [6.07, 6.45) is 1.14. The zero-order valence-electron chi connectivity index (χ0n) is 13.2. The molecule has 0 spiro atoms. The highest BCUT2D eigenvalue weighted by Crippen LogP contribution is 2.34. The number of esters is 1. The number of carbonyl (C=O) groups excluding carboxylic acids is 1. The molecule has 0 aromatic heterocycles. The fraction of sp³-hybridized carbons (Fsp3) is 0.750. The zero-order valence-corrected chi connectivity index (χ0v) is 14.0. The number of hydrogen-bond donors (Lipinski definition) is 2. The SMILES string of the molecule is C=CC(=O)OCCOCC[N+](C)(C)C.CCOP(=O)(O)O. The van der Waals surface area contributed by atoms with Crippen LogP contribution in [0.2, 0.25) is 0 Å². The van der Waals surface area contributed by atoms with E-state index >= 15 is 0 Å². The lowest BCUT2D eigenvalue weighted by molar-refractivity contribution is -0.870. The molecule has 8 nitrogen and oxygen atoms in total. The molecule has 0 saturated heterocycles. The maximum Gasteiger partial charge on any atom is 0.469 e. The molecule has 0 saturated carbocycles. The van der Waals surface area contributed by atoms with E-state index < -0.39 is 13.8 Å². The van der Waals surface area contributed by atoms with E-state index in [0.717, 1.165) is 17.1 Å². The third kappa shape index (κ3) is 24.6. The van der Waals surface area contributed by atoms with Crippen molar-refractivity contribution in [3.8, 4) is 0 Å². The minimum Gasteiger partial charge on any atom is -0.460 e. The van der Waals surface area contributed by atoms with Crippen LogP contribution in [0.25, 0.3) is 0 Å². The van der Waals surface area contributed by atoms with Crippen molar-refractivity contribution in [2.75, 3.05) is 54.1 Å². The van der Waals surface area contributed by atoms with Gasteiger partial charge in [0.05, 0.1) is 41.0 Å². The molecule has 126 valence electrons. The van der Waals surface area contributed by atoms with Crippen LogP contribution in [0.3, 0.4) is 0 Å². The minimum atomic E-state index is -4.17. The molecule has 0 fully saturated rings. The number of carbonyl (C=O) groups is 1. The molecule has 0 aliphatic carbocycles. The first-order chi connectivity index (χ1) is 9.52. The highest BCUT2D eigenvalue weighted by Gasteiger charge is 2.10. The molecule has 0 aliphatic rings. The van der Waals surface area contributed by atoms with E-state index in [4.69, 9.17) is 19.3 Å². The largest absolute Gasteiger partial charge is 0.469 e. The second-order valence-corrected chi connectivity index (χ2v) is 6.15. The summed E-state index contributed by atoms with van der Waals surface area (Å²) in [5.41, 5.74) is 0. The van der Waals surface area contributed by atoms with Crippen LogP contribution >= 0.6 is 7.82 Å². The van der Waals surface area contributed by atoms with E-state index in [9.17, 15) is 9.36 Å². The average Bonchev–Trinajstić information content (AvgIpc) is 2.31. The Balaban J connectivity index is 0. The lowest BCUT2D eigenvalue weighted by Gasteiger charge is -2.23. The molecule has 21 heavy (non-hydrogen) atoms. The van der Waals surface area contributed by atoms with Gasteiger partial charge in [-0.2, -0.15) is 0 Å². The Morgan fingerprint density at radius 1 is 1.24 bits per heavy atom. The van der Waals surface area contributed by atoms with Crippen LogP contribution in [0.4, 0.5) is 0 Å². The molecule has 0 aromatic carbocycles. The fourth-order valence-corrected chi connectivity index (χ4v) is 1.21. The first-order valence-corrected chi connectivity index (χ1v) is 7.92. The number of quaternary nitrogens is 1. The van der Waals surface area contributed by atoms with Crippen molar-refractivity contribution in [3.05, 3.63) is 12.7 Å². The molecular formula is C12H27NO7P+. The van der Waals surface area contributed by atoms with Crippen LogP contribution in [-0.2, 0) is 23.4 Å². The molecule has 9 heteroatoms. The van der Waals surface area contributed by atoms with E-state index in [1.165, 1.54) is 6.92 Å². The Bertz CT molecular complexity index is 335. The van der Waals surface area contributed by atoms with E-state index in [-0.39, 0.29) is 6.61 Å². The summed E-state index contributed by atoms with van der Waals surface area (Å²) < 4.78 is 24.5. The Hall–Kier alpha value is -0.760. The van der Waals surface area contributed by atoms with Crippen molar-refractivity contribution < 1.29 is 37.6 Å². The summed E-state index contributed by atoms with van der Waals surface area (Å²) >= 11 is 0. The number of nitrogens with zero attached hydrogens (tertiary/aromatic N) is 1. The Labute approximate surface area is 126 Å². The molecule has 0 rings (SSSR count). The molecule has 0 amide bonds. The maximum absolute atomic E-state index is 10.6. The predicted octanol–water partition coefficient (Wildman–Crippen LogP) is 0.554. The van der Waals surface area contributed by atoms with Crippen LogP contribution in [0, 0.1) is 0 Å². The van der Waals surface area contributed by atoms with E-state index in [1.807, 2.05) is 0 Å². The van der Waals surface area contributed by atoms with Crippen molar-refractivity contribution in [3.63, 3.8) is 0 Å². The molecule has 0 bridgehead atoms. The van der Waals surface area contributed by atoms with Gasteiger partial charge >= 0.3 is 13.8 Å². The summed E-state index contributed by atoms with van der Waals surface area (Å²) in [5, 5.41) is 0. The van der Waals surface area contributed by atoms with E-state index in [2.05, 4.69) is 32.2 Å². The summed E-state index contributed by atoms with van der Waals surface area (Å²) in [5.74, 6) is -0.403. The summed E-state index contributed by atoms with van der Waals surface area (Å²) in [6.45, 7) is 7.20. The van der Waals surface area contributed by atoms with Crippen molar-refractivity contribution in [1.29, 1.82) is 0 Å². The van der Waals surface area contributed by atoms with Crippen molar-refractivity contribution >= 4 is 13.8 Å². The van der Waals surface area contributed by atoms with Gasteiger partial charge in [-0.25, -0.2) is 9.36 Å². The van der Waals surface area contributed by atoms with Gasteiger partial charge in [-0.3, -0.25) is 4.52 Å². The summed E-state index contributed by atoms with van der Waals surface area (Å²) in [7, 11) is 2.13. The van der Waals surface area contributed by atoms with Crippen LogP contribution < -0.4 is 0 Å². The summed E-state index contributed by atoms with van der Waals surface area (Å²) in [6, 6.07) is 0. The first kappa shape index (κ1) is 22.5. The lowest BCUT2D eigenvalue weighted by Crippen LogP contribution is -2.37. The van der Waals surface area contributed by atoms with Gasteiger partial charge in [0.2, 0.25) is 0 Å². The highest BCUT2D eigenvalue weighted by molar-refractivity contribution is 7.46. The van der Waals surface area contributed by atoms with Crippen LogP contribution in [0.15, 0.2) is 12.7 Å². The normalized spacial score (nSPS) is 11.3. The van der Waals surface area contributed by atoms with Gasteiger partial charge in [0.1, 0.15) is 13.2 Å². The molecule has 0 radical (unpaired) electrons. The molecule has 0 aliphatic heterocycles. The Morgan fingerprint density at radius 3 is 2.14 bits per heavy atom. The van der Waals surface area contributed by atoms with Gasteiger partial charge in [0.25, 0.3) is 0 Å². The van der Waals surface area contributed by atoms with Crippen LogP contribution in [0.5, 0.6) is 0 Å². The molecule has 0 aromatic rings. The second-order valence-electron chi connectivity index (χ2n) is 4.91. The maximum atomic E-state index is 10.6. The van der Waals surface area contributed by atoms with Crippen LogP contribution in [0.1, 0.15) is 6.92 Å². The van der Waals surface area contributed by atoms with E-state index in [0.29, 0.717) is 19.8 Å². The van der Waals surface area contributed by atoms with E-state index in [1.54, 1.807) is 0 Å². The van der Waals surface area contributed by atoms with Crippen molar-refractivity contribution in [2.24, 2.45) is 0 Å². The molecule has 2 N–H and O–H groups in total. The molecule has 0 heterocycles. The quantitative estimate of drug-likeness (QED) is 0.209. The second kappa shape index (κ2) is 11.9. The third-order valence-corrected chi connectivity index (χ3v) is 2.44. The Kier molecular flexibility index (Phi) is 12.7. The summed E-state index contributed by atoms with van der Waals surface area (Å²) in [4.78, 5) is 26.4.